The second kappa shape index (κ2) is 10.6. The second-order valence-electron chi connectivity index (χ2n) is 7.12. The first-order valence-electron chi connectivity index (χ1n) is 10.1. The predicted octanol–water partition coefficient (Wildman–Crippen LogP) is 6.53. The van der Waals surface area contributed by atoms with Crippen molar-refractivity contribution in [3.05, 3.63) is 79.3 Å². The Hall–Kier alpha value is -3.20. The highest BCUT2D eigenvalue weighted by atomic mass is 79.9. The molecule has 180 valence electrons. The minimum atomic E-state index is -0.834. The lowest BCUT2D eigenvalue weighted by atomic mass is 10.1. The van der Waals surface area contributed by atoms with E-state index in [0.717, 1.165) is 0 Å². The van der Waals surface area contributed by atoms with Crippen LogP contribution < -0.4 is 24.4 Å². The average molecular weight is 580 g/mol. The fraction of sp³-hybridized carbons (Fsp3) is 0.120. The molecule has 0 amide bonds. The molecule has 0 bridgehead atoms. The molecular weight excluding hydrogens is 563 g/mol. The number of methoxy groups -OCH3 is 2. The third-order valence-corrected chi connectivity index (χ3v) is 6.03. The summed E-state index contributed by atoms with van der Waals surface area (Å²) in [4.78, 5) is 26.0. The molecule has 0 spiro atoms. The van der Waals surface area contributed by atoms with Crippen molar-refractivity contribution in [2.24, 2.45) is 0 Å². The van der Waals surface area contributed by atoms with E-state index >= 15 is 0 Å². The average Bonchev–Trinajstić information content (AvgIpc) is 2.84. The molecule has 0 N–H and O–H groups in total. The van der Waals surface area contributed by atoms with Gasteiger partial charge < -0.3 is 23.4 Å². The van der Waals surface area contributed by atoms with Gasteiger partial charge in [-0.15, -0.1) is 0 Å². The molecule has 4 aromatic rings. The van der Waals surface area contributed by atoms with Crippen LogP contribution in [-0.4, -0.2) is 26.8 Å². The number of ether oxygens (including phenoxy) is 4. The Morgan fingerprint density at radius 2 is 1.74 bits per heavy atom. The number of fused-ring (bicyclic) bond motifs is 1. The Balaban J connectivity index is 1.75. The molecule has 0 aliphatic rings. The number of hydrogen-bond acceptors (Lipinski definition) is 7. The Labute approximate surface area is 218 Å². The van der Waals surface area contributed by atoms with Crippen LogP contribution in [-0.2, 0) is 4.79 Å². The van der Waals surface area contributed by atoms with E-state index in [9.17, 15) is 9.59 Å². The molecule has 7 nitrogen and oxygen atoms in total. The van der Waals surface area contributed by atoms with Gasteiger partial charge in [0.05, 0.1) is 29.1 Å². The first-order valence-corrected chi connectivity index (χ1v) is 11.6. The molecule has 0 saturated heterocycles. The number of rotatable bonds is 7. The van der Waals surface area contributed by atoms with Gasteiger partial charge in [0.15, 0.2) is 23.9 Å². The summed E-state index contributed by atoms with van der Waals surface area (Å²) in [6, 6.07) is 14.5. The zero-order valence-corrected chi connectivity index (χ0v) is 21.5. The van der Waals surface area contributed by atoms with E-state index < -0.39 is 18.0 Å². The molecule has 0 fully saturated rings. The van der Waals surface area contributed by atoms with Gasteiger partial charge in [0.2, 0.25) is 11.2 Å². The van der Waals surface area contributed by atoms with Crippen LogP contribution in [0, 0.1) is 0 Å². The van der Waals surface area contributed by atoms with Gasteiger partial charge in [0.25, 0.3) is 0 Å². The molecule has 1 heterocycles. The van der Waals surface area contributed by atoms with Gasteiger partial charge in [-0.25, -0.2) is 4.79 Å². The molecule has 10 heteroatoms. The van der Waals surface area contributed by atoms with E-state index in [2.05, 4.69) is 15.9 Å². The molecule has 0 saturated carbocycles. The van der Waals surface area contributed by atoms with Gasteiger partial charge >= 0.3 is 5.97 Å². The molecule has 0 atom stereocenters. The van der Waals surface area contributed by atoms with Crippen molar-refractivity contribution >= 4 is 56.1 Å². The van der Waals surface area contributed by atoms with Crippen molar-refractivity contribution in [1.82, 2.24) is 0 Å². The Bertz CT molecular complexity index is 1480. The van der Waals surface area contributed by atoms with Crippen LogP contribution in [0.25, 0.3) is 22.3 Å². The molecule has 0 radical (unpaired) electrons. The highest BCUT2D eigenvalue weighted by Gasteiger charge is 2.23. The highest BCUT2D eigenvalue weighted by molar-refractivity contribution is 9.10. The zero-order valence-electron chi connectivity index (χ0n) is 18.4. The molecular formula is C25H17BrCl2O7. The lowest BCUT2D eigenvalue weighted by molar-refractivity contribution is -0.136. The Morgan fingerprint density at radius 3 is 2.46 bits per heavy atom. The number of carbonyl (C=O) groups is 1. The third-order valence-electron chi connectivity index (χ3n) is 4.91. The van der Waals surface area contributed by atoms with Gasteiger partial charge in [-0.3, -0.25) is 4.79 Å². The van der Waals surface area contributed by atoms with Crippen molar-refractivity contribution in [2.75, 3.05) is 20.8 Å². The second-order valence-corrected chi connectivity index (χ2v) is 8.81. The normalized spacial score (nSPS) is 10.8. The van der Waals surface area contributed by atoms with Crippen molar-refractivity contribution in [1.29, 1.82) is 0 Å². The lowest BCUT2D eigenvalue weighted by Crippen LogP contribution is -2.22. The molecule has 3 aromatic carbocycles. The summed E-state index contributed by atoms with van der Waals surface area (Å²) in [5.41, 5.74) is 0.217. The van der Waals surface area contributed by atoms with Crippen molar-refractivity contribution in [3.63, 3.8) is 0 Å². The summed E-state index contributed by atoms with van der Waals surface area (Å²) in [5.74, 6) is -0.0225. The maximum Gasteiger partial charge on any atom is 0.349 e. The van der Waals surface area contributed by atoms with Crippen LogP contribution >= 0.6 is 39.1 Å². The number of para-hydroxylation sites is 1. The number of benzene rings is 3. The summed E-state index contributed by atoms with van der Waals surface area (Å²) < 4.78 is 28.2. The van der Waals surface area contributed by atoms with Crippen molar-refractivity contribution in [3.8, 4) is 34.3 Å². The van der Waals surface area contributed by atoms with Crippen LogP contribution in [0.4, 0.5) is 0 Å². The summed E-state index contributed by atoms with van der Waals surface area (Å²) >= 11 is 15.4. The first-order chi connectivity index (χ1) is 16.8. The SMILES string of the molecule is COc1cc(-c2oc3ccccc3c(=O)c2OC(=O)COc2ccc(Cl)cc2Cl)cc(Br)c1OC. The fourth-order valence-corrected chi connectivity index (χ4v) is 4.40. The molecule has 0 unspecified atom stereocenters. The van der Waals surface area contributed by atoms with E-state index in [0.29, 0.717) is 32.1 Å². The van der Waals surface area contributed by atoms with Crippen LogP contribution in [0.2, 0.25) is 10.0 Å². The van der Waals surface area contributed by atoms with Gasteiger partial charge in [-0.1, -0.05) is 35.3 Å². The van der Waals surface area contributed by atoms with Gasteiger partial charge in [0, 0.05) is 10.6 Å². The van der Waals surface area contributed by atoms with Crippen LogP contribution in [0.3, 0.4) is 0 Å². The summed E-state index contributed by atoms with van der Waals surface area (Å²) in [6.07, 6.45) is 0. The third kappa shape index (κ3) is 5.24. The smallest absolute Gasteiger partial charge is 0.349 e. The topological polar surface area (TPSA) is 84.2 Å². The number of carbonyl (C=O) groups excluding carboxylic acids is 1. The van der Waals surface area contributed by atoms with Gasteiger partial charge in [-0.05, 0) is 58.4 Å². The van der Waals surface area contributed by atoms with Crippen molar-refractivity contribution < 1.29 is 28.2 Å². The molecule has 35 heavy (non-hydrogen) atoms. The quantitative estimate of drug-likeness (QED) is 0.230. The monoisotopic (exact) mass is 578 g/mol. The Kier molecular flexibility index (Phi) is 7.54. The number of halogens is 3. The van der Waals surface area contributed by atoms with Crippen molar-refractivity contribution in [2.45, 2.75) is 0 Å². The highest BCUT2D eigenvalue weighted by Crippen LogP contribution is 2.41. The van der Waals surface area contributed by atoms with Crippen LogP contribution in [0.1, 0.15) is 0 Å². The number of esters is 1. The standard InChI is InChI=1S/C25H17BrCl2O7/c1-31-20-10-13(9-16(26)24(20)32-2)23-25(22(30)15-5-3-4-6-18(15)34-23)35-21(29)12-33-19-8-7-14(27)11-17(19)28/h3-11H,12H2,1-2H3. The molecule has 0 aliphatic carbocycles. The van der Waals surface area contributed by atoms with E-state index in [-0.39, 0.29) is 27.7 Å². The van der Waals surface area contributed by atoms with Crippen LogP contribution in [0.5, 0.6) is 23.0 Å². The van der Waals surface area contributed by atoms with Gasteiger partial charge in [-0.2, -0.15) is 0 Å². The van der Waals surface area contributed by atoms with E-state index in [1.165, 1.54) is 26.4 Å². The largest absolute Gasteiger partial charge is 0.493 e. The fourth-order valence-electron chi connectivity index (χ4n) is 3.33. The number of hydrogen-bond donors (Lipinski definition) is 0. The zero-order chi connectivity index (χ0) is 25.1. The summed E-state index contributed by atoms with van der Waals surface area (Å²) in [6.45, 7) is -0.511. The molecule has 0 aliphatic heterocycles. The minimum Gasteiger partial charge on any atom is -0.493 e. The maximum atomic E-state index is 13.3. The summed E-state index contributed by atoms with van der Waals surface area (Å²) in [7, 11) is 2.98. The molecule has 4 rings (SSSR count). The first kappa shape index (κ1) is 24.9. The molecule has 1 aromatic heterocycles. The lowest BCUT2D eigenvalue weighted by Gasteiger charge is -2.14. The van der Waals surface area contributed by atoms with Crippen LogP contribution in [0.15, 0.2) is 68.3 Å². The van der Waals surface area contributed by atoms with Gasteiger partial charge in [0.1, 0.15) is 11.3 Å². The van der Waals surface area contributed by atoms with E-state index in [4.69, 9.17) is 46.6 Å². The Morgan fingerprint density at radius 1 is 0.971 bits per heavy atom. The minimum absolute atomic E-state index is 0.0354. The van der Waals surface area contributed by atoms with E-state index in [1.54, 1.807) is 42.5 Å². The summed E-state index contributed by atoms with van der Waals surface area (Å²) in [5, 5.41) is 0.899. The van der Waals surface area contributed by atoms with E-state index in [1.807, 2.05) is 0 Å². The predicted molar refractivity (Wildman–Crippen MR) is 136 cm³/mol. The maximum absolute atomic E-state index is 13.3.